The molecule has 1 unspecified atom stereocenters. The fourth-order valence-corrected chi connectivity index (χ4v) is 4.86. The SMILES string of the molecule is CC(C)c1c(C(=O)NC2CCSc3c(F)cccc32)cnn1-c1ccc(C(F)(F)F)cn1. The van der Waals surface area contributed by atoms with E-state index in [4.69, 9.17) is 0 Å². The van der Waals surface area contributed by atoms with Crippen LogP contribution in [0.4, 0.5) is 17.6 Å². The number of pyridine rings is 1. The average Bonchev–Trinajstić information content (AvgIpc) is 3.20. The summed E-state index contributed by atoms with van der Waals surface area (Å²) in [4.78, 5) is 17.6. The lowest BCUT2D eigenvalue weighted by Crippen LogP contribution is -2.31. The Balaban J connectivity index is 1.64. The molecule has 168 valence electrons. The number of nitrogens with zero attached hydrogens (tertiary/aromatic N) is 3. The maximum absolute atomic E-state index is 14.1. The van der Waals surface area contributed by atoms with Crippen molar-refractivity contribution in [1.82, 2.24) is 20.1 Å². The highest BCUT2D eigenvalue weighted by Gasteiger charge is 2.31. The molecule has 1 aliphatic heterocycles. The van der Waals surface area contributed by atoms with E-state index >= 15 is 0 Å². The fraction of sp³-hybridized carbons (Fsp3) is 0.318. The Kier molecular flexibility index (Phi) is 5.98. The molecule has 1 aliphatic rings. The first-order valence-electron chi connectivity index (χ1n) is 10.0. The molecule has 3 heterocycles. The van der Waals surface area contributed by atoms with Gasteiger partial charge in [0.2, 0.25) is 0 Å². The average molecular weight is 464 g/mol. The lowest BCUT2D eigenvalue weighted by atomic mass is 10.0. The van der Waals surface area contributed by atoms with Gasteiger partial charge in [-0.25, -0.2) is 14.1 Å². The molecule has 1 atom stereocenters. The monoisotopic (exact) mass is 464 g/mol. The number of carbonyl (C=O) groups excluding carboxylic acids is 1. The van der Waals surface area contributed by atoms with Crippen molar-refractivity contribution in [1.29, 1.82) is 0 Å². The van der Waals surface area contributed by atoms with Gasteiger partial charge in [-0.2, -0.15) is 18.3 Å². The number of aromatic nitrogens is 3. The summed E-state index contributed by atoms with van der Waals surface area (Å²) in [5.41, 5.74) is 0.702. The van der Waals surface area contributed by atoms with Crippen molar-refractivity contribution in [2.24, 2.45) is 0 Å². The largest absolute Gasteiger partial charge is 0.417 e. The molecule has 0 aliphatic carbocycles. The third kappa shape index (κ3) is 4.23. The number of hydrogen-bond donors (Lipinski definition) is 1. The molecule has 10 heteroatoms. The predicted molar refractivity (Wildman–Crippen MR) is 112 cm³/mol. The number of nitrogens with one attached hydrogen (secondary N) is 1. The quantitative estimate of drug-likeness (QED) is 0.517. The van der Waals surface area contributed by atoms with Crippen LogP contribution in [0.5, 0.6) is 0 Å². The predicted octanol–water partition coefficient (Wildman–Crippen LogP) is 5.52. The van der Waals surface area contributed by atoms with Gasteiger partial charge >= 0.3 is 6.18 Å². The summed E-state index contributed by atoms with van der Waals surface area (Å²) < 4.78 is 54.1. The van der Waals surface area contributed by atoms with Crippen molar-refractivity contribution in [3.05, 3.63) is 70.9 Å². The normalized spacial score (nSPS) is 16.2. The zero-order valence-corrected chi connectivity index (χ0v) is 18.1. The number of rotatable bonds is 4. The van der Waals surface area contributed by atoms with Crippen LogP contribution in [-0.2, 0) is 6.18 Å². The highest BCUT2D eigenvalue weighted by molar-refractivity contribution is 7.99. The number of thioether (sulfide) groups is 1. The van der Waals surface area contributed by atoms with Gasteiger partial charge in [-0.1, -0.05) is 26.0 Å². The maximum atomic E-state index is 14.1. The van der Waals surface area contributed by atoms with Gasteiger partial charge in [-0.15, -0.1) is 11.8 Å². The molecular formula is C22H20F4N4OS. The molecule has 0 bridgehead atoms. The second-order valence-electron chi connectivity index (χ2n) is 7.73. The number of benzene rings is 1. The van der Waals surface area contributed by atoms with Crippen molar-refractivity contribution in [3.8, 4) is 5.82 Å². The third-order valence-corrected chi connectivity index (χ3v) is 6.38. The van der Waals surface area contributed by atoms with E-state index in [1.165, 1.54) is 34.8 Å². The van der Waals surface area contributed by atoms with Gasteiger partial charge in [-0.3, -0.25) is 4.79 Å². The van der Waals surface area contributed by atoms with E-state index in [1.54, 1.807) is 12.1 Å². The van der Waals surface area contributed by atoms with Crippen molar-refractivity contribution in [2.45, 2.75) is 43.3 Å². The lowest BCUT2D eigenvalue weighted by Gasteiger charge is -2.26. The molecule has 0 fully saturated rings. The van der Waals surface area contributed by atoms with Crippen molar-refractivity contribution in [2.75, 3.05) is 5.75 Å². The third-order valence-electron chi connectivity index (χ3n) is 5.22. The number of hydrogen-bond acceptors (Lipinski definition) is 4. The molecule has 1 N–H and O–H groups in total. The van der Waals surface area contributed by atoms with E-state index in [2.05, 4.69) is 15.4 Å². The summed E-state index contributed by atoms with van der Waals surface area (Å²) in [6.45, 7) is 3.71. The number of amides is 1. The van der Waals surface area contributed by atoms with E-state index in [9.17, 15) is 22.4 Å². The van der Waals surface area contributed by atoms with E-state index in [0.717, 1.165) is 17.8 Å². The van der Waals surface area contributed by atoms with E-state index < -0.39 is 11.7 Å². The molecule has 32 heavy (non-hydrogen) atoms. The topological polar surface area (TPSA) is 59.8 Å². The van der Waals surface area contributed by atoms with E-state index in [0.29, 0.717) is 28.3 Å². The minimum atomic E-state index is -4.49. The minimum absolute atomic E-state index is 0.158. The molecule has 3 aromatic rings. The van der Waals surface area contributed by atoms with Crippen LogP contribution >= 0.6 is 11.8 Å². The standard InChI is InChI=1S/C22H20F4N4OS/c1-12(2)19-15(11-28-30(19)18-7-6-13(10-27-18)22(24,25)26)21(31)29-17-8-9-32-20-14(17)4-3-5-16(20)23/h3-7,10-12,17H,8-9H2,1-2H3,(H,29,31). The van der Waals surface area contributed by atoms with Crippen LogP contribution in [-0.4, -0.2) is 26.4 Å². The Morgan fingerprint density at radius 2 is 2.00 bits per heavy atom. The van der Waals surface area contributed by atoms with Gasteiger partial charge in [0.1, 0.15) is 5.82 Å². The van der Waals surface area contributed by atoms with E-state index in [-0.39, 0.29) is 29.5 Å². The second kappa shape index (κ2) is 8.57. The molecule has 0 radical (unpaired) electrons. The highest BCUT2D eigenvalue weighted by atomic mass is 32.2. The van der Waals surface area contributed by atoms with Gasteiger partial charge in [0, 0.05) is 16.8 Å². The smallest absolute Gasteiger partial charge is 0.345 e. The van der Waals surface area contributed by atoms with Crippen LogP contribution in [0.2, 0.25) is 0 Å². The molecule has 1 amide bonds. The molecule has 5 nitrogen and oxygen atoms in total. The zero-order valence-electron chi connectivity index (χ0n) is 17.3. The summed E-state index contributed by atoms with van der Waals surface area (Å²) in [5, 5.41) is 7.19. The Morgan fingerprint density at radius 3 is 2.66 bits per heavy atom. The molecular weight excluding hydrogens is 444 g/mol. The number of halogens is 4. The van der Waals surface area contributed by atoms with Gasteiger partial charge < -0.3 is 5.32 Å². The molecule has 0 saturated heterocycles. The van der Waals surface area contributed by atoms with Crippen LogP contribution in [0.3, 0.4) is 0 Å². The number of carbonyl (C=O) groups is 1. The summed E-state index contributed by atoms with van der Waals surface area (Å²) in [5.74, 6) is 0.00990. The summed E-state index contributed by atoms with van der Waals surface area (Å²) in [7, 11) is 0. The van der Waals surface area contributed by atoms with Crippen LogP contribution < -0.4 is 5.32 Å². The summed E-state index contributed by atoms with van der Waals surface area (Å²) >= 11 is 1.42. The first kappa shape index (κ1) is 22.3. The fourth-order valence-electron chi connectivity index (χ4n) is 3.72. The molecule has 2 aromatic heterocycles. The first-order chi connectivity index (χ1) is 15.2. The highest BCUT2D eigenvalue weighted by Crippen LogP contribution is 2.38. The van der Waals surface area contributed by atoms with Crippen molar-refractivity contribution < 1.29 is 22.4 Å². The van der Waals surface area contributed by atoms with Crippen LogP contribution in [0.15, 0.2) is 47.6 Å². The Morgan fingerprint density at radius 1 is 1.22 bits per heavy atom. The minimum Gasteiger partial charge on any atom is -0.345 e. The number of fused-ring (bicyclic) bond motifs is 1. The van der Waals surface area contributed by atoms with Gasteiger partial charge in [0.15, 0.2) is 5.82 Å². The van der Waals surface area contributed by atoms with Gasteiger partial charge in [0.05, 0.1) is 29.1 Å². The Bertz CT molecular complexity index is 1140. The summed E-state index contributed by atoms with van der Waals surface area (Å²) in [6, 6.07) is 6.62. The molecule has 0 saturated carbocycles. The second-order valence-corrected chi connectivity index (χ2v) is 8.84. The van der Waals surface area contributed by atoms with Crippen LogP contribution in [0.1, 0.15) is 59.4 Å². The maximum Gasteiger partial charge on any atom is 0.417 e. The Hall–Kier alpha value is -2.88. The molecule has 1 aromatic carbocycles. The Labute approximate surface area is 186 Å². The van der Waals surface area contributed by atoms with Gasteiger partial charge in [-0.05, 0) is 36.1 Å². The van der Waals surface area contributed by atoms with Crippen molar-refractivity contribution >= 4 is 17.7 Å². The van der Waals surface area contributed by atoms with Crippen LogP contribution in [0.25, 0.3) is 5.82 Å². The van der Waals surface area contributed by atoms with E-state index in [1.807, 2.05) is 13.8 Å². The summed E-state index contributed by atoms with van der Waals surface area (Å²) in [6.07, 6.45) is -1.71. The first-order valence-corrected chi connectivity index (χ1v) is 11.0. The zero-order chi connectivity index (χ0) is 23.0. The van der Waals surface area contributed by atoms with Gasteiger partial charge in [0.25, 0.3) is 5.91 Å². The molecule has 0 spiro atoms. The van der Waals surface area contributed by atoms with Crippen molar-refractivity contribution in [3.63, 3.8) is 0 Å². The number of alkyl halides is 3. The molecule has 4 rings (SSSR count). The van der Waals surface area contributed by atoms with Crippen LogP contribution in [0, 0.1) is 5.82 Å². The lowest BCUT2D eigenvalue weighted by molar-refractivity contribution is -0.137.